The van der Waals surface area contributed by atoms with Crippen molar-refractivity contribution in [2.45, 2.75) is 50.3 Å². The minimum atomic E-state index is -4.22. The number of amides is 2. The molecule has 44 heavy (non-hydrogen) atoms. The molecule has 0 aromatic heterocycles. The first kappa shape index (κ1) is 32.9. The van der Waals surface area contributed by atoms with Gasteiger partial charge in [-0.1, -0.05) is 71.7 Å². The number of hydrogen-bond acceptors (Lipinski definition) is 6. The Morgan fingerprint density at radius 2 is 1.25 bits per heavy atom. The van der Waals surface area contributed by atoms with Crippen LogP contribution < -0.4 is 14.8 Å². The average Bonchev–Trinajstić information content (AvgIpc) is 2.96. The maximum Gasteiger partial charge on any atom is 0.408 e. The fourth-order valence-electron chi connectivity index (χ4n) is 4.10. The summed E-state index contributed by atoms with van der Waals surface area (Å²) in [6.07, 6.45) is -0.864. The highest BCUT2D eigenvalue weighted by Crippen LogP contribution is 2.23. The molecule has 11 heteroatoms. The van der Waals surface area contributed by atoms with E-state index in [2.05, 4.69) is 5.32 Å². The number of hydrogen-bond donors (Lipinski definition) is 2. The van der Waals surface area contributed by atoms with Crippen molar-refractivity contribution in [1.82, 2.24) is 10.0 Å². The number of carbonyl (C=O) groups is 2. The van der Waals surface area contributed by atoms with Crippen LogP contribution in [0.1, 0.15) is 31.9 Å². The first-order valence-electron chi connectivity index (χ1n) is 13.7. The number of carbonyl (C=O) groups excluding carboxylic acids is 2. The minimum absolute atomic E-state index is 0.00630. The fraction of sp³-hybridized carbons (Fsp3) is 0.212. The summed E-state index contributed by atoms with van der Waals surface area (Å²) in [7, 11) is -4.22. The monoisotopic (exact) mass is 654 g/mol. The van der Waals surface area contributed by atoms with E-state index in [0.29, 0.717) is 28.0 Å². The van der Waals surface area contributed by atoms with Gasteiger partial charge in [-0.05, 0) is 91.6 Å². The molecule has 0 bridgehead atoms. The SMILES string of the molecule is CC(C)(C)OC(=O)N[C@@H](Cc1ccc(OCc2ccc(-c3ccc(Cl)cc3)cc2)cc1)C(=O)NS(=O)(=O)c1ccc(Cl)cc1. The van der Waals surface area contributed by atoms with Crippen molar-refractivity contribution in [3.8, 4) is 16.9 Å². The van der Waals surface area contributed by atoms with Gasteiger partial charge >= 0.3 is 6.09 Å². The van der Waals surface area contributed by atoms with Crippen molar-refractivity contribution in [3.63, 3.8) is 0 Å². The molecule has 0 fully saturated rings. The Morgan fingerprint density at radius 1 is 0.750 bits per heavy atom. The van der Waals surface area contributed by atoms with Crippen molar-refractivity contribution in [3.05, 3.63) is 118 Å². The molecule has 8 nitrogen and oxygen atoms in total. The molecule has 0 aliphatic rings. The minimum Gasteiger partial charge on any atom is -0.489 e. The number of sulfonamides is 1. The molecule has 1 atom stereocenters. The van der Waals surface area contributed by atoms with E-state index in [1.807, 2.05) is 53.3 Å². The van der Waals surface area contributed by atoms with E-state index < -0.39 is 33.7 Å². The van der Waals surface area contributed by atoms with Crippen LogP contribution in [0.3, 0.4) is 0 Å². The first-order valence-corrected chi connectivity index (χ1v) is 15.9. The summed E-state index contributed by atoms with van der Waals surface area (Å²) in [5, 5.41) is 3.52. The molecule has 0 saturated heterocycles. The number of benzene rings is 4. The van der Waals surface area contributed by atoms with Gasteiger partial charge < -0.3 is 14.8 Å². The highest BCUT2D eigenvalue weighted by atomic mass is 35.5. The van der Waals surface area contributed by atoms with Gasteiger partial charge in [-0.25, -0.2) is 17.9 Å². The molecule has 2 amide bonds. The second-order valence-electron chi connectivity index (χ2n) is 11.0. The van der Waals surface area contributed by atoms with Crippen LogP contribution in [0.2, 0.25) is 10.0 Å². The summed E-state index contributed by atoms with van der Waals surface area (Å²) in [5.41, 5.74) is 2.94. The Balaban J connectivity index is 1.41. The van der Waals surface area contributed by atoms with E-state index in [1.54, 1.807) is 45.0 Å². The van der Waals surface area contributed by atoms with E-state index in [1.165, 1.54) is 24.3 Å². The van der Waals surface area contributed by atoms with Crippen molar-refractivity contribution in [2.75, 3.05) is 0 Å². The van der Waals surface area contributed by atoms with Gasteiger partial charge in [0.15, 0.2) is 0 Å². The Kier molecular flexibility index (Phi) is 10.6. The van der Waals surface area contributed by atoms with Crippen molar-refractivity contribution >= 4 is 45.2 Å². The maximum atomic E-state index is 13.1. The standard InChI is InChI=1S/C33H32Cl2N2O6S/c1-33(2,3)43-32(39)36-30(31(38)37-44(40,41)29-18-14-27(35)15-19-29)20-22-6-16-28(17-7-22)42-21-23-4-8-24(9-5-23)25-10-12-26(34)13-11-25/h4-19,30H,20-21H2,1-3H3,(H,36,39)(H,37,38)/t30-/m0/s1. The second kappa shape index (κ2) is 14.2. The Hall–Kier alpha value is -4.05. The lowest BCUT2D eigenvalue weighted by Gasteiger charge is -2.23. The predicted molar refractivity (Wildman–Crippen MR) is 171 cm³/mol. The van der Waals surface area contributed by atoms with Gasteiger partial charge in [-0.2, -0.15) is 0 Å². The van der Waals surface area contributed by atoms with Gasteiger partial charge in [0.1, 0.15) is 24.0 Å². The molecule has 0 unspecified atom stereocenters. The van der Waals surface area contributed by atoms with Crippen molar-refractivity contribution in [1.29, 1.82) is 0 Å². The quantitative estimate of drug-likeness (QED) is 0.187. The molecule has 4 aromatic rings. The zero-order valence-electron chi connectivity index (χ0n) is 24.3. The van der Waals surface area contributed by atoms with E-state index in [9.17, 15) is 18.0 Å². The fourth-order valence-corrected chi connectivity index (χ4v) is 5.37. The Morgan fingerprint density at radius 3 is 1.80 bits per heavy atom. The Labute approximate surface area is 267 Å². The zero-order chi connectivity index (χ0) is 31.9. The molecule has 0 radical (unpaired) electrons. The number of halogens is 2. The average molecular weight is 656 g/mol. The van der Waals surface area contributed by atoms with E-state index in [0.717, 1.165) is 16.7 Å². The van der Waals surface area contributed by atoms with Crippen LogP contribution in [0.25, 0.3) is 11.1 Å². The van der Waals surface area contributed by atoms with Crippen LogP contribution in [0.15, 0.2) is 102 Å². The molecule has 0 saturated carbocycles. The summed E-state index contributed by atoms with van der Waals surface area (Å²) in [4.78, 5) is 25.5. The zero-order valence-corrected chi connectivity index (χ0v) is 26.7. The molecule has 4 aromatic carbocycles. The third kappa shape index (κ3) is 9.74. The van der Waals surface area contributed by atoms with Gasteiger partial charge in [0.25, 0.3) is 15.9 Å². The van der Waals surface area contributed by atoms with E-state index >= 15 is 0 Å². The van der Waals surface area contributed by atoms with Crippen LogP contribution in [-0.4, -0.2) is 32.1 Å². The highest BCUT2D eigenvalue weighted by Gasteiger charge is 2.28. The summed E-state index contributed by atoms with van der Waals surface area (Å²) < 4.78 is 38.9. The number of ether oxygens (including phenoxy) is 2. The third-order valence-electron chi connectivity index (χ3n) is 6.27. The number of rotatable bonds is 10. The van der Waals surface area contributed by atoms with Crippen LogP contribution in [-0.2, 0) is 32.6 Å². The summed E-state index contributed by atoms with van der Waals surface area (Å²) in [6, 6.07) is 26.7. The smallest absolute Gasteiger partial charge is 0.408 e. The number of alkyl carbamates (subject to hydrolysis) is 1. The topological polar surface area (TPSA) is 111 Å². The molecule has 0 aliphatic heterocycles. The van der Waals surface area contributed by atoms with Crippen LogP contribution >= 0.6 is 23.2 Å². The summed E-state index contributed by atoms with van der Waals surface area (Å²) in [5.74, 6) is -0.324. The molecule has 0 aliphatic carbocycles. The Bertz CT molecular complexity index is 1690. The molecule has 4 rings (SSSR count). The van der Waals surface area contributed by atoms with E-state index in [4.69, 9.17) is 32.7 Å². The van der Waals surface area contributed by atoms with Gasteiger partial charge in [-0.3, -0.25) is 4.79 Å². The third-order valence-corrected chi connectivity index (χ3v) is 8.13. The number of nitrogens with one attached hydrogen (secondary N) is 2. The summed E-state index contributed by atoms with van der Waals surface area (Å²) in [6.45, 7) is 5.38. The van der Waals surface area contributed by atoms with Gasteiger partial charge in [-0.15, -0.1) is 0 Å². The maximum absolute atomic E-state index is 13.1. The lowest BCUT2D eigenvalue weighted by molar-refractivity contribution is -0.121. The van der Waals surface area contributed by atoms with Gasteiger partial charge in [0.2, 0.25) is 0 Å². The molecule has 0 spiro atoms. The normalized spacial score (nSPS) is 12.2. The van der Waals surface area contributed by atoms with Crippen LogP contribution in [0, 0.1) is 0 Å². The predicted octanol–water partition coefficient (Wildman–Crippen LogP) is 7.18. The highest BCUT2D eigenvalue weighted by molar-refractivity contribution is 7.90. The van der Waals surface area contributed by atoms with E-state index in [-0.39, 0.29) is 11.3 Å². The molecule has 230 valence electrons. The van der Waals surface area contributed by atoms with Gasteiger partial charge in [0.05, 0.1) is 4.90 Å². The lowest BCUT2D eigenvalue weighted by atomic mass is 10.0. The first-order chi connectivity index (χ1) is 20.8. The molecular formula is C33H32Cl2N2O6S. The van der Waals surface area contributed by atoms with Gasteiger partial charge in [0, 0.05) is 16.5 Å². The van der Waals surface area contributed by atoms with Crippen molar-refractivity contribution < 1.29 is 27.5 Å². The largest absolute Gasteiger partial charge is 0.489 e. The second-order valence-corrected chi connectivity index (χ2v) is 13.5. The van der Waals surface area contributed by atoms with Crippen molar-refractivity contribution in [2.24, 2.45) is 0 Å². The molecule has 0 heterocycles. The lowest BCUT2D eigenvalue weighted by Crippen LogP contribution is -2.50. The van der Waals surface area contributed by atoms with Crippen LogP contribution in [0.4, 0.5) is 4.79 Å². The molecular weight excluding hydrogens is 623 g/mol. The van der Waals surface area contributed by atoms with Crippen LogP contribution in [0.5, 0.6) is 5.75 Å². The molecule has 2 N–H and O–H groups in total. The summed E-state index contributed by atoms with van der Waals surface area (Å²) >= 11 is 11.8.